The summed E-state index contributed by atoms with van der Waals surface area (Å²) in [4.78, 5) is 12.0. The van der Waals surface area contributed by atoms with Gasteiger partial charge in [-0.05, 0) is 44.0 Å². The van der Waals surface area contributed by atoms with E-state index in [1.165, 1.54) is 6.07 Å². The van der Waals surface area contributed by atoms with Crippen LogP contribution in [0.1, 0.15) is 29.3 Å². The Bertz CT molecular complexity index is 460. The van der Waals surface area contributed by atoms with Gasteiger partial charge in [0.2, 0.25) is 0 Å². The predicted molar refractivity (Wildman–Crippen MR) is 73.3 cm³/mol. The van der Waals surface area contributed by atoms with Crippen LogP contribution in [0.5, 0.6) is 5.75 Å². The summed E-state index contributed by atoms with van der Waals surface area (Å²) in [5.41, 5.74) is 1.29. The van der Waals surface area contributed by atoms with Gasteiger partial charge >= 0.3 is 0 Å². The monoisotopic (exact) mass is 269 g/mol. The minimum Gasteiger partial charge on any atom is -0.508 e. The van der Waals surface area contributed by atoms with Gasteiger partial charge in [0, 0.05) is 34.4 Å². The van der Waals surface area contributed by atoms with Gasteiger partial charge in [-0.15, -0.1) is 0 Å². The standard InChI is InChI=1S/C13H19NO3S/c1-9-8-11(15)4-5-12(9)13(16)14-10(2)6-7-18(3)17/h4-5,8,10,15H,6-7H2,1-3H3,(H,14,16). The molecule has 2 unspecified atom stereocenters. The molecule has 0 aliphatic carbocycles. The van der Waals surface area contributed by atoms with E-state index in [4.69, 9.17) is 0 Å². The van der Waals surface area contributed by atoms with Crippen molar-refractivity contribution in [3.05, 3.63) is 29.3 Å². The van der Waals surface area contributed by atoms with Gasteiger partial charge in [-0.1, -0.05) is 0 Å². The Labute approximate surface area is 110 Å². The van der Waals surface area contributed by atoms with Gasteiger partial charge in [0.15, 0.2) is 0 Å². The highest BCUT2D eigenvalue weighted by atomic mass is 32.2. The molecule has 0 fully saturated rings. The van der Waals surface area contributed by atoms with Crippen LogP contribution in [-0.4, -0.2) is 33.3 Å². The number of phenols is 1. The number of hydrogen-bond acceptors (Lipinski definition) is 3. The molecule has 1 aromatic carbocycles. The van der Waals surface area contributed by atoms with Crippen LogP contribution < -0.4 is 5.32 Å². The number of hydrogen-bond donors (Lipinski definition) is 2. The van der Waals surface area contributed by atoms with Gasteiger partial charge in [0.05, 0.1) is 0 Å². The summed E-state index contributed by atoms with van der Waals surface area (Å²) in [6.45, 7) is 3.67. The first kappa shape index (κ1) is 14.7. The maximum Gasteiger partial charge on any atom is 0.251 e. The van der Waals surface area contributed by atoms with Gasteiger partial charge in [-0.3, -0.25) is 9.00 Å². The zero-order valence-electron chi connectivity index (χ0n) is 10.9. The maximum absolute atomic E-state index is 12.0. The number of aromatic hydroxyl groups is 1. The summed E-state index contributed by atoms with van der Waals surface area (Å²) in [5.74, 6) is 0.566. The Morgan fingerprint density at radius 1 is 1.50 bits per heavy atom. The van der Waals surface area contributed by atoms with E-state index in [0.29, 0.717) is 17.7 Å². The Morgan fingerprint density at radius 2 is 2.17 bits per heavy atom. The average Bonchev–Trinajstić information content (AvgIpc) is 2.26. The largest absolute Gasteiger partial charge is 0.508 e. The van der Waals surface area contributed by atoms with Gasteiger partial charge in [-0.25, -0.2) is 0 Å². The Hall–Kier alpha value is -1.36. The molecular weight excluding hydrogens is 250 g/mol. The smallest absolute Gasteiger partial charge is 0.251 e. The van der Waals surface area contributed by atoms with Crippen LogP contribution in [0, 0.1) is 6.92 Å². The predicted octanol–water partition coefficient (Wildman–Crippen LogP) is 1.59. The van der Waals surface area contributed by atoms with E-state index in [1.54, 1.807) is 25.3 Å². The van der Waals surface area contributed by atoms with E-state index in [0.717, 1.165) is 5.56 Å². The van der Waals surface area contributed by atoms with Crippen molar-refractivity contribution in [1.82, 2.24) is 5.32 Å². The molecule has 0 aromatic heterocycles. The van der Waals surface area contributed by atoms with Crippen LogP contribution in [0.2, 0.25) is 0 Å². The van der Waals surface area contributed by atoms with E-state index in [2.05, 4.69) is 5.32 Å². The number of aryl methyl sites for hydroxylation is 1. The lowest BCUT2D eigenvalue weighted by molar-refractivity contribution is 0.0939. The highest BCUT2D eigenvalue weighted by Gasteiger charge is 2.12. The molecule has 2 N–H and O–H groups in total. The summed E-state index contributed by atoms with van der Waals surface area (Å²) in [5, 5.41) is 12.1. The van der Waals surface area contributed by atoms with Crippen molar-refractivity contribution < 1.29 is 14.1 Å². The molecule has 4 nitrogen and oxygen atoms in total. The van der Waals surface area contributed by atoms with Gasteiger partial charge in [-0.2, -0.15) is 0 Å². The first-order valence-electron chi connectivity index (χ1n) is 5.80. The SMILES string of the molecule is Cc1cc(O)ccc1C(=O)NC(C)CCS(C)=O. The number of rotatable bonds is 5. The summed E-state index contributed by atoms with van der Waals surface area (Å²) in [6, 6.07) is 4.63. The number of benzene rings is 1. The van der Waals surface area contributed by atoms with E-state index >= 15 is 0 Å². The Kier molecular flexibility index (Phi) is 5.34. The number of carbonyl (C=O) groups excluding carboxylic acids is 1. The number of nitrogens with one attached hydrogen (secondary N) is 1. The maximum atomic E-state index is 12.0. The highest BCUT2D eigenvalue weighted by molar-refractivity contribution is 7.84. The Morgan fingerprint density at radius 3 is 2.72 bits per heavy atom. The van der Waals surface area contributed by atoms with Crippen molar-refractivity contribution in [2.75, 3.05) is 12.0 Å². The molecule has 0 spiro atoms. The molecule has 0 heterocycles. The van der Waals surface area contributed by atoms with Crippen molar-refractivity contribution in [3.8, 4) is 5.75 Å². The molecule has 2 atom stereocenters. The van der Waals surface area contributed by atoms with Crippen LogP contribution in [0.25, 0.3) is 0 Å². The van der Waals surface area contributed by atoms with E-state index in [9.17, 15) is 14.1 Å². The van der Waals surface area contributed by atoms with Crippen molar-refractivity contribution >= 4 is 16.7 Å². The van der Waals surface area contributed by atoms with Crippen molar-refractivity contribution in [1.29, 1.82) is 0 Å². The summed E-state index contributed by atoms with van der Waals surface area (Å²) >= 11 is 0. The van der Waals surface area contributed by atoms with Crippen LogP contribution in [0.3, 0.4) is 0 Å². The lowest BCUT2D eigenvalue weighted by Crippen LogP contribution is -2.33. The minimum atomic E-state index is -0.837. The molecule has 0 aliphatic rings. The zero-order valence-corrected chi connectivity index (χ0v) is 11.7. The summed E-state index contributed by atoms with van der Waals surface area (Å²) in [7, 11) is -0.837. The first-order valence-corrected chi connectivity index (χ1v) is 7.53. The second-order valence-corrected chi connectivity index (χ2v) is 5.99. The van der Waals surface area contributed by atoms with Crippen LogP contribution in [-0.2, 0) is 10.8 Å². The summed E-state index contributed by atoms with van der Waals surface area (Å²) < 4.78 is 11.0. The van der Waals surface area contributed by atoms with Gasteiger partial charge in [0.1, 0.15) is 5.75 Å². The molecule has 18 heavy (non-hydrogen) atoms. The molecule has 1 rings (SSSR count). The molecule has 0 aliphatic heterocycles. The molecule has 0 saturated heterocycles. The Balaban J connectivity index is 2.62. The third-order valence-corrected chi connectivity index (χ3v) is 3.48. The lowest BCUT2D eigenvalue weighted by Gasteiger charge is -2.14. The molecular formula is C13H19NO3S. The van der Waals surface area contributed by atoms with Gasteiger partial charge < -0.3 is 10.4 Å². The second-order valence-electron chi connectivity index (χ2n) is 4.44. The fourth-order valence-electron chi connectivity index (χ4n) is 1.62. The van der Waals surface area contributed by atoms with Crippen LogP contribution in [0.15, 0.2) is 18.2 Å². The van der Waals surface area contributed by atoms with Gasteiger partial charge in [0.25, 0.3) is 5.91 Å². The third-order valence-electron chi connectivity index (χ3n) is 2.67. The molecule has 1 aromatic rings. The molecule has 100 valence electrons. The van der Waals surface area contributed by atoms with Crippen molar-refractivity contribution in [3.63, 3.8) is 0 Å². The summed E-state index contributed by atoms with van der Waals surface area (Å²) in [6.07, 6.45) is 2.34. The number of carbonyl (C=O) groups is 1. The third kappa shape index (κ3) is 4.49. The van der Waals surface area contributed by atoms with E-state index in [-0.39, 0.29) is 17.7 Å². The number of phenolic OH excluding ortho intramolecular Hbond substituents is 1. The van der Waals surface area contributed by atoms with Crippen molar-refractivity contribution in [2.45, 2.75) is 26.3 Å². The topological polar surface area (TPSA) is 66.4 Å². The normalized spacial score (nSPS) is 13.9. The number of amides is 1. The minimum absolute atomic E-state index is 0.0189. The fraction of sp³-hybridized carbons (Fsp3) is 0.462. The molecule has 0 radical (unpaired) electrons. The molecule has 1 amide bonds. The van der Waals surface area contributed by atoms with E-state index in [1.807, 2.05) is 6.92 Å². The molecule has 0 saturated carbocycles. The van der Waals surface area contributed by atoms with E-state index < -0.39 is 10.8 Å². The molecule has 5 heteroatoms. The first-order chi connectivity index (χ1) is 8.40. The second kappa shape index (κ2) is 6.54. The average molecular weight is 269 g/mol. The van der Waals surface area contributed by atoms with Crippen LogP contribution >= 0.6 is 0 Å². The lowest BCUT2D eigenvalue weighted by atomic mass is 10.1. The zero-order chi connectivity index (χ0) is 13.7. The van der Waals surface area contributed by atoms with Crippen LogP contribution in [0.4, 0.5) is 0 Å². The quantitative estimate of drug-likeness (QED) is 0.853. The van der Waals surface area contributed by atoms with Crippen molar-refractivity contribution in [2.24, 2.45) is 0 Å². The highest BCUT2D eigenvalue weighted by Crippen LogP contribution is 2.15. The molecule has 0 bridgehead atoms. The fourth-order valence-corrected chi connectivity index (χ4v) is 2.30.